The zero-order chi connectivity index (χ0) is 23.0. The topological polar surface area (TPSA) is 101 Å². The van der Waals surface area contributed by atoms with Crippen LogP contribution in [-0.4, -0.2) is 49.3 Å². The number of H-pyrrole nitrogens is 1. The predicted molar refractivity (Wildman–Crippen MR) is 108 cm³/mol. The lowest BCUT2D eigenvalue weighted by Gasteiger charge is -2.28. The Morgan fingerprint density at radius 1 is 1.29 bits per heavy atom. The normalized spacial score (nSPS) is 16.6. The number of hydrogen-bond donors (Lipinski definition) is 2. The molecule has 1 atom stereocenters. The molecule has 1 aromatic carbocycles. The van der Waals surface area contributed by atoms with Crippen molar-refractivity contribution in [3.05, 3.63) is 46.8 Å². The molecule has 1 aliphatic carbocycles. The fourth-order valence-corrected chi connectivity index (χ4v) is 4.68. The number of aromatic nitrogens is 2. The van der Waals surface area contributed by atoms with E-state index in [0.29, 0.717) is 17.0 Å². The molecule has 11 heteroatoms. The Bertz CT molecular complexity index is 1080. The monoisotopic (exact) mass is 459 g/mol. The maximum Gasteiger partial charge on any atom is 0.422 e. The summed E-state index contributed by atoms with van der Waals surface area (Å²) in [6.45, 7) is 1.80. The van der Waals surface area contributed by atoms with Gasteiger partial charge in [-0.15, -0.1) is 0 Å². The van der Waals surface area contributed by atoms with Crippen LogP contribution in [0.25, 0.3) is 0 Å². The SMILES string of the molecule is Cc1cc([C@@](C)(CS(C)(=O)=O)NC(=O)c2ccc(C3CC3)c(OCC(F)(F)F)c2)n[nH]1. The summed E-state index contributed by atoms with van der Waals surface area (Å²) in [5.74, 6) is -0.935. The van der Waals surface area contributed by atoms with Crippen LogP contribution in [0.5, 0.6) is 5.75 Å². The molecule has 0 bridgehead atoms. The maximum absolute atomic E-state index is 13.0. The third kappa shape index (κ3) is 6.22. The second-order valence-electron chi connectivity index (χ2n) is 8.22. The van der Waals surface area contributed by atoms with Crippen molar-refractivity contribution in [3.8, 4) is 5.75 Å². The third-order valence-corrected chi connectivity index (χ3v) is 6.00. The van der Waals surface area contributed by atoms with Gasteiger partial charge in [-0.3, -0.25) is 9.89 Å². The smallest absolute Gasteiger partial charge is 0.422 e. The first-order valence-electron chi connectivity index (χ1n) is 9.62. The number of carbonyl (C=O) groups is 1. The number of alkyl halides is 3. The third-order valence-electron chi connectivity index (χ3n) is 4.90. The number of rotatable bonds is 8. The Morgan fingerprint density at radius 2 is 1.97 bits per heavy atom. The Morgan fingerprint density at radius 3 is 2.48 bits per heavy atom. The lowest BCUT2D eigenvalue weighted by molar-refractivity contribution is -0.153. The molecule has 0 aliphatic heterocycles. The highest BCUT2D eigenvalue weighted by Gasteiger charge is 2.36. The van der Waals surface area contributed by atoms with Crippen LogP contribution >= 0.6 is 0 Å². The van der Waals surface area contributed by atoms with Gasteiger partial charge < -0.3 is 10.1 Å². The van der Waals surface area contributed by atoms with E-state index in [4.69, 9.17) is 4.74 Å². The van der Waals surface area contributed by atoms with Gasteiger partial charge >= 0.3 is 6.18 Å². The van der Waals surface area contributed by atoms with E-state index in [2.05, 4.69) is 15.5 Å². The molecule has 0 unspecified atom stereocenters. The molecular formula is C20H24F3N3O4S. The van der Waals surface area contributed by atoms with E-state index in [1.165, 1.54) is 19.1 Å². The van der Waals surface area contributed by atoms with E-state index in [1.807, 2.05) is 0 Å². The number of aromatic amines is 1. The number of sulfone groups is 1. The number of aryl methyl sites for hydroxylation is 1. The second-order valence-corrected chi connectivity index (χ2v) is 10.4. The molecule has 1 aromatic heterocycles. The van der Waals surface area contributed by atoms with Gasteiger partial charge in [0.25, 0.3) is 5.91 Å². The highest BCUT2D eigenvalue weighted by atomic mass is 32.2. The molecule has 7 nitrogen and oxygen atoms in total. The Kier molecular flexibility index (Phi) is 6.09. The van der Waals surface area contributed by atoms with E-state index in [0.717, 1.165) is 19.1 Å². The molecule has 0 radical (unpaired) electrons. The summed E-state index contributed by atoms with van der Waals surface area (Å²) in [4.78, 5) is 13.0. The number of hydrogen-bond acceptors (Lipinski definition) is 5. The van der Waals surface area contributed by atoms with Crippen LogP contribution in [0.3, 0.4) is 0 Å². The van der Waals surface area contributed by atoms with Crippen molar-refractivity contribution in [1.29, 1.82) is 0 Å². The number of benzene rings is 1. The molecule has 31 heavy (non-hydrogen) atoms. The quantitative estimate of drug-likeness (QED) is 0.631. The number of nitrogens with zero attached hydrogens (tertiary/aromatic N) is 1. The van der Waals surface area contributed by atoms with Crippen molar-refractivity contribution in [2.24, 2.45) is 0 Å². The Balaban J connectivity index is 1.89. The molecule has 170 valence electrons. The summed E-state index contributed by atoms with van der Waals surface area (Å²) in [6, 6.07) is 5.98. The van der Waals surface area contributed by atoms with Crippen molar-refractivity contribution in [3.63, 3.8) is 0 Å². The molecule has 1 fully saturated rings. The summed E-state index contributed by atoms with van der Waals surface area (Å²) < 4.78 is 66.9. The van der Waals surface area contributed by atoms with Gasteiger partial charge in [-0.1, -0.05) is 6.07 Å². The van der Waals surface area contributed by atoms with E-state index in [9.17, 15) is 26.4 Å². The summed E-state index contributed by atoms with van der Waals surface area (Å²) >= 11 is 0. The van der Waals surface area contributed by atoms with Crippen molar-refractivity contribution < 1.29 is 31.1 Å². The zero-order valence-electron chi connectivity index (χ0n) is 17.3. The van der Waals surface area contributed by atoms with Gasteiger partial charge in [0.2, 0.25) is 0 Å². The van der Waals surface area contributed by atoms with Crippen LogP contribution in [0, 0.1) is 6.92 Å². The molecule has 0 spiro atoms. The lowest BCUT2D eigenvalue weighted by Crippen LogP contribution is -2.48. The molecule has 0 saturated heterocycles. The number of amides is 1. The van der Waals surface area contributed by atoms with Gasteiger partial charge in [-0.2, -0.15) is 18.3 Å². The minimum absolute atomic E-state index is 0.00732. The van der Waals surface area contributed by atoms with Gasteiger partial charge in [0.1, 0.15) is 15.6 Å². The van der Waals surface area contributed by atoms with Gasteiger partial charge in [0, 0.05) is 17.5 Å². The van der Waals surface area contributed by atoms with Gasteiger partial charge in [0.15, 0.2) is 6.61 Å². The number of nitrogens with one attached hydrogen (secondary N) is 2. The first-order chi connectivity index (χ1) is 14.3. The molecule has 2 aromatic rings. The van der Waals surface area contributed by atoms with Crippen LogP contribution in [0.2, 0.25) is 0 Å². The fraction of sp³-hybridized carbons (Fsp3) is 0.500. The van der Waals surface area contributed by atoms with Crippen molar-refractivity contribution >= 4 is 15.7 Å². The first kappa shape index (κ1) is 23.1. The van der Waals surface area contributed by atoms with Crippen molar-refractivity contribution in [2.75, 3.05) is 18.6 Å². The van der Waals surface area contributed by atoms with E-state index in [1.54, 1.807) is 19.1 Å². The Labute approximate surface area is 178 Å². The minimum Gasteiger partial charge on any atom is -0.484 e. The summed E-state index contributed by atoms with van der Waals surface area (Å²) in [6.07, 6.45) is -1.77. The summed E-state index contributed by atoms with van der Waals surface area (Å²) in [7, 11) is -3.51. The van der Waals surface area contributed by atoms with Crippen molar-refractivity contribution in [1.82, 2.24) is 15.5 Å². The Hall–Kier alpha value is -2.56. The predicted octanol–water partition coefficient (Wildman–Crippen LogP) is 3.23. The van der Waals surface area contributed by atoms with Gasteiger partial charge in [0.05, 0.1) is 17.0 Å². The number of carbonyl (C=O) groups excluding carboxylic acids is 1. The standard InChI is InChI=1S/C20H24F3N3O4S/c1-12-8-17(26-25-12)19(2,11-31(3,28)29)24-18(27)14-6-7-15(13-4-5-13)16(9-14)30-10-20(21,22)23/h6-9,13H,4-5,10-11H2,1-3H3,(H,24,27)(H,25,26)/t19-/m1/s1. The van der Waals surface area contributed by atoms with Crippen LogP contribution < -0.4 is 10.1 Å². The molecular weight excluding hydrogens is 435 g/mol. The van der Waals surface area contributed by atoms with Crippen molar-refractivity contribution in [2.45, 2.75) is 44.3 Å². The first-order valence-corrected chi connectivity index (χ1v) is 11.7. The van der Waals surface area contributed by atoms with Crippen LogP contribution in [0.15, 0.2) is 24.3 Å². The van der Waals surface area contributed by atoms with Crippen LogP contribution in [0.1, 0.15) is 53.0 Å². The van der Waals surface area contributed by atoms with Gasteiger partial charge in [-0.05, 0) is 56.4 Å². The van der Waals surface area contributed by atoms with Gasteiger partial charge in [-0.25, -0.2) is 8.42 Å². The maximum atomic E-state index is 13.0. The average molecular weight is 459 g/mol. The number of ether oxygens (including phenoxy) is 1. The molecule has 1 aliphatic rings. The summed E-state index contributed by atoms with van der Waals surface area (Å²) in [5, 5.41) is 9.48. The lowest BCUT2D eigenvalue weighted by atomic mass is 9.98. The molecule has 2 N–H and O–H groups in total. The zero-order valence-corrected chi connectivity index (χ0v) is 18.2. The van der Waals surface area contributed by atoms with Crippen LogP contribution in [0.4, 0.5) is 13.2 Å². The fourth-order valence-electron chi connectivity index (χ4n) is 3.41. The number of halogens is 3. The second kappa shape index (κ2) is 8.18. The largest absolute Gasteiger partial charge is 0.484 e. The highest BCUT2D eigenvalue weighted by Crippen LogP contribution is 2.44. The van der Waals surface area contributed by atoms with E-state index in [-0.39, 0.29) is 17.2 Å². The molecule has 3 rings (SSSR count). The summed E-state index contributed by atoms with van der Waals surface area (Å²) in [5.41, 5.74) is 0.348. The minimum atomic E-state index is -4.51. The van der Waals surface area contributed by atoms with E-state index < -0.39 is 39.8 Å². The van der Waals surface area contributed by atoms with E-state index >= 15 is 0 Å². The van der Waals surface area contributed by atoms with Crippen LogP contribution in [-0.2, 0) is 15.4 Å². The molecule has 1 heterocycles. The average Bonchev–Trinajstić information content (AvgIpc) is 3.37. The highest BCUT2D eigenvalue weighted by molar-refractivity contribution is 7.90. The molecule has 1 amide bonds. The molecule has 1 saturated carbocycles.